The molecule has 0 fully saturated rings. The number of benzene rings is 1. The fourth-order valence-electron chi connectivity index (χ4n) is 1.80. The molecule has 4 nitrogen and oxygen atoms in total. The van der Waals surface area contributed by atoms with Gasteiger partial charge in [0.1, 0.15) is 5.56 Å². The third kappa shape index (κ3) is 2.97. The number of esters is 1. The molecule has 0 aliphatic rings. The van der Waals surface area contributed by atoms with E-state index in [4.69, 9.17) is 9.26 Å². The first-order valence-electron chi connectivity index (χ1n) is 6.09. The molecule has 0 aliphatic heterocycles. The van der Waals surface area contributed by atoms with Gasteiger partial charge >= 0.3 is 5.97 Å². The van der Waals surface area contributed by atoms with Gasteiger partial charge in [0.15, 0.2) is 5.76 Å². The highest BCUT2D eigenvalue weighted by Gasteiger charge is 2.24. The summed E-state index contributed by atoms with van der Waals surface area (Å²) in [6, 6.07) is 7.74. The molecule has 1 heterocycles. The Balaban J connectivity index is 2.52. The lowest BCUT2D eigenvalue weighted by Crippen LogP contribution is -2.07. The first-order chi connectivity index (χ1) is 9.17. The van der Waals surface area contributed by atoms with Crippen LogP contribution >= 0.6 is 22.6 Å². The van der Waals surface area contributed by atoms with E-state index in [-0.39, 0.29) is 5.97 Å². The van der Waals surface area contributed by atoms with Crippen molar-refractivity contribution in [2.24, 2.45) is 0 Å². The zero-order valence-electron chi connectivity index (χ0n) is 10.8. The molecule has 0 saturated carbocycles. The second-order valence-corrected chi connectivity index (χ2v) is 5.16. The van der Waals surface area contributed by atoms with Crippen LogP contribution in [-0.2, 0) is 11.2 Å². The highest BCUT2D eigenvalue weighted by molar-refractivity contribution is 14.1. The highest BCUT2D eigenvalue weighted by atomic mass is 127. The van der Waals surface area contributed by atoms with E-state index in [0.717, 1.165) is 9.13 Å². The minimum Gasteiger partial charge on any atom is -0.462 e. The number of rotatable bonds is 4. The summed E-state index contributed by atoms with van der Waals surface area (Å²) in [7, 11) is 0. The molecule has 0 N–H and O–H groups in total. The molecule has 100 valence electrons. The maximum absolute atomic E-state index is 12.0. The van der Waals surface area contributed by atoms with E-state index in [1.165, 1.54) is 0 Å². The lowest BCUT2D eigenvalue weighted by atomic mass is 10.1. The maximum Gasteiger partial charge on any atom is 0.344 e. The van der Waals surface area contributed by atoms with Crippen LogP contribution in [0.4, 0.5) is 0 Å². The molecule has 1 aromatic heterocycles. The van der Waals surface area contributed by atoms with Crippen molar-refractivity contribution >= 4 is 28.6 Å². The Kier molecular flexibility index (Phi) is 4.57. The molecule has 1 aromatic carbocycles. The van der Waals surface area contributed by atoms with Crippen LogP contribution < -0.4 is 0 Å². The molecule has 0 spiro atoms. The molecule has 0 saturated heterocycles. The van der Waals surface area contributed by atoms with Crippen molar-refractivity contribution in [2.45, 2.75) is 20.3 Å². The predicted octanol–water partition coefficient (Wildman–Crippen LogP) is 3.69. The summed E-state index contributed by atoms with van der Waals surface area (Å²) in [6.07, 6.45) is 0.627. The quantitative estimate of drug-likeness (QED) is 0.608. The predicted molar refractivity (Wildman–Crippen MR) is 80.0 cm³/mol. The van der Waals surface area contributed by atoms with E-state index in [2.05, 4.69) is 27.7 Å². The van der Waals surface area contributed by atoms with Gasteiger partial charge < -0.3 is 9.26 Å². The fraction of sp³-hybridized carbons (Fsp3) is 0.286. The summed E-state index contributed by atoms with van der Waals surface area (Å²) in [4.78, 5) is 12.0. The van der Waals surface area contributed by atoms with Gasteiger partial charge in [0.2, 0.25) is 0 Å². The first kappa shape index (κ1) is 14.0. The third-order valence-corrected chi connectivity index (χ3v) is 3.34. The molecular weight excluding hydrogens is 357 g/mol. The average Bonchev–Trinajstić information content (AvgIpc) is 2.82. The van der Waals surface area contributed by atoms with Gasteiger partial charge in [-0.25, -0.2) is 4.79 Å². The number of carbonyl (C=O) groups is 1. The molecule has 0 aliphatic carbocycles. The zero-order chi connectivity index (χ0) is 13.8. The van der Waals surface area contributed by atoms with Crippen LogP contribution in [-0.4, -0.2) is 17.7 Å². The molecule has 0 radical (unpaired) electrons. The van der Waals surface area contributed by atoms with Crippen molar-refractivity contribution in [2.75, 3.05) is 6.61 Å². The fourth-order valence-corrected chi connectivity index (χ4v) is 2.35. The Bertz CT molecular complexity index is 592. The van der Waals surface area contributed by atoms with Crippen LogP contribution in [0, 0.1) is 3.57 Å². The Morgan fingerprint density at radius 1 is 1.42 bits per heavy atom. The Labute approximate surface area is 125 Å². The van der Waals surface area contributed by atoms with Gasteiger partial charge in [-0.3, -0.25) is 0 Å². The topological polar surface area (TPSA) is 52.3 Å². The Morgan fingerprint density at radius 2 is 2.21 bits per heavy atom. The van der Waals surface area contributed by atoms with E-state index < -0.39 is 0 Å². The van der Waals surface area contributed by atoms with Crippen molar-refractivity contribution in [3.8, 4) is 11.3 Å². The summed E-state index contributed by atoms with van der Waals surface area (Å²) < 4.78 is 11.5. The van der Waals surface area contributed by atoms with Gasteiger partial charge in [-0.15, -0.1) is 0 Å². The summed E-state index contributed by atoms with van der Waals surface area (Å²) >= 11 is 2.22. The number of hydrogen-bond acceptors (Lipinski definition) is 4. The molecule has 2 aromatic rings. The second-order valence-electron chi connectivity index (χ2n) is 3.92. The van der Waals surface area contributed by atoms with Crippen LogP contribution in [0.1, 0.15) is 29.9 Å². The lowest BCUT2D eigenvalue weighted by Gasteiger charge is -2.03. The summed E-state index contributed by atoms with van der Waals surface area (Å²) in [5.41, 5.74) is 1.90. The van der Waals surface area contributed by atoms with E-state index in [1.807, 2.05) is 31.2 Å². The Hall–Kier alpha value is -1.37. The smallest absolute Gasteiger partial charge is 0.344 e. The van der Waals surface area contributed by atoms with E-state index >= 15 is 0 Å². The summed E-state index contributed by atoms with van der Waals surface area (Å²) in [6.45, 7) is 4.04. The molecule has 5 heteroatoms. The number of hydrogen-bond donors (Lipinski definition) is 0. The van der Waals surface area contributed by atoms with Gasteiger partial charge in [0, 0.05) is 9.13 Å². The van der Waals surface area contributed by atoms with Crippen molar-refractivity contribution in [1.82, 2.24) is 5.16 Å². The van der Waals surface area contributed by atoms with Crippen molar-refractivity contribution in [3.63, 3.8) is 0 Å². The van der Waals surface area contributed by atoms with Crippen LogP contribution in [0.3, 0.4) is 0 Å². The minimum absolute atomic E-state index is 0.332. The van der Waals surface area contributed by atoms with Crippen LogP contribution in [0.25, 0.3) is 11.3 Å². The molecule has 0 amide bonds. The van der Waals surface area contributed by atoms with Crippen LogP contribution in [0.2, 0.25) is 0 Å². The van der Waals surface area contributed by atoms with E-state index in [0.29, 0.717) is 30.0 Å². The maximum atomic E-state index is 12.0. The number of nitrogens with zero attached hydrogens (tertiary/aromatic N) is 1. The Morgan fingerprint density at radius 3 is 2.84 bits per heavy atom. The monoisotopic (exact) mass is 371 g/mol. The standard InChI is InChI=1S/C14H14INO3/c1-3-11-12(14(17)18-4-2)13(19-16-11)9-6-5-7-10(15)8-9/h5-8H,3-4H2,1-2H3. The van der Waals surface area contributed by atoms with Crippen LogP contribution in [0.15, 0.2) is 28.8 Å². The first-order valence-corrected chi connectivity index (χ1v) is 7.16. The SMILES string of the molecule is CCOC(=O)c1c(CC)noc1-c1cccc(I)c1. The molecule has 0 atom stereocenters. The lowest BCUT2D eigenvalue weighted by molar-refractivity contribution is 0.0525. The number of carbonyl (C=O) groups excluding carboxylic acids is 1. The minimum atomic E-state index is -0.380. The number of aryl methyl sites for hydroxylation is 1. The molecule has 19 heavy (non-hydrogen) atoms. The molecule has 2 rings (SSSR count). The second kappa shape index (κ2) is 6.18. The molecule has 0 bridgehead atoms. The summed E-state index contributed by atoms with van der Waals surface area (Å²) in [5.74, 6) is 0.100. The number of aromatic nitrogens is 1. The van der Waals surface area contributed by atoms with Gasteiger partial charge in [0.25, 0.3) is 0 Å². The molecular formula is C14H14INO3. The number of halogens is 1. The van der Waals surface area contributed by atoms with Gasteiger partial charge in [-0.2, -0.15) is 0 Å². The normalized spacial score (nSPS) is 10.5. The van der Waals surface area contributed by atoms with Gasteiger partial charge in [0.05, 0.1) is 12.3 Å². The van der Waals surface area contributed by atoms with Crippen molar-refractivity contribution in [3.05, 3.63) is 39.1 Å². The largest absolute Gasteiger partial charge is 0.462 e. The summed E-state index contributed by atoms with van der Waals surface area (Å²) in [5, 5.41) is 3.97. The zero-order valence-corrected chi connectivity index (χ0v) is 12.9. The average molecular weight is 371 g/mol. The van der Waals surface area contributed by atoms with Crippen molar-refractivity contribution in [1.29, 1.82) is 0 Å². The van der Waals surface area contributed by atoms with Gasteiger partial charge in [-0.05, 0) is 48.1 Å². The third-order valence-electron chi connectivity index (χ3n) is 2.66. The number of ether oxygens (including phenoxy) is 1. The molecule has 0 unspecified atom stereocenters. The van der Waals surface area contributed by atoms with E-state index in [1.54, 1.807) is 6.92 Å². The van der Waals surface area contributed by atoms with Gasteiger partial charge in [-0.1, -0.05) is 24.2 Å². The highest BCUT2D eigenvalue weighted by Crippen LogP contribution is 2.28. The van der Waals surface area contributed by atoms with E-state index in [9.17, 15) is 4.79 Å². The van der Waals surface area contributed by atoms with Crippen molar-refractivity contribution < 1.29 is 14.1 Å². The van der Waals surface area contributed by atoms with Crippen LogP contribution in [0.5, 0.6) is 0 Å².